The third-order valence-electron chi connectivity index (χ3n) is 2.40. The van der Waals surface area contributed by atoms with E-state index in [1.165, 1.54) is 12.1 Å². The second-order valence-corrected chi connectivity index (χ2v) is 5.46. The van der Waals surface area contributed by atoms with Crippen molar-refractivity contribution in [3.8, 4) is 5.75 Å². The molecule has 0 spiro atoms. The number of anilines is 1. The fraction of sp³-hybridized carbons (Fsp3) is 0.0714. The SMILES string of the molecule is O=C(COc1ccc(F)cc1Cl)Nc1ccccc1I. The summed E-state index contributed by atoms with van der Waals surface area (Å²) in [6.45, 7) is -0.198. The van der Waals surface area contributed by atoms with E-state index in [2.05, 4.69) is 27.9 Å². The van der Waals surface area contributed by atoms with Gasteiger partial charge >= 0.3 is 0 Å². The van der Waals surface area contributed by atoms with Gasteiger partial charge in [0.2, 0.25) is 0 Å². The number of benzene rings is 2. The molecule has 2 aromatic rings. The van der Waals surface area contributed by atoms with Crippen LogP contribution in [0.5, 0.6) is 5.75 Å². The van der Waals surface area contributed by atoms with Crippen LogP contribution in [-0.4, -0.2) is 12.5 Å². The highest BCUT2D eigenvalue weighted by Gasteiger charge is 2.08. The summed E-state index contributed by atoms with van der Waals surface area (Å²) in [4.78, 5) is 11.8. The van der Waals surface area contributed by atoms with E-state index in [-0.39, 0.29) is 23.3 Å². The van der Waals surface area contributed by atoms with Gasteiger partial charge in [0.25, 0.3) is 5.91 Å². The predicted octanol–water partition coefficient (Wildman–Crippen LogP) is 4.10. The Morgan fingerprint density at radius 2 is 2.05 bits per heavy atom. The van der Waals surface area contributed by atoms with Crippen molar-refractivity contribution in [2.24, 2.45) is 0 Å². The molecule has 2 rings (SSSR count). The number of para-hydroxylation sites is 1. The van der Waals surface area contributed by atoms with Gasteiger partial charge in [-0.3, -0.25) is 4.79 Å². The fourth-order valence-corrected chi connectivity index (χ4v) is 2.23. The van der Waals surface area contributed by atoms with E-state index in [9.17, 15) is 9.18 Å². The smallest absolute Gasteiger partial charge is 0.262 e. The zero-order valence-electron chi connectivity index (χ0n) is 10.2. The summed E-state index contributed by atoms with van der Waals surface area (Å²) in [6, 6.07) is 11.1. The molecule has 0 aliphatic heterocycles. The van der Waals surface area contributed by atoms with Crippen LogP contribution in [0.1, 0.15) is 0 Å². The van der Waals surface area contributed by atoms with Crippen molar-refractivity contribution >= 4 is 45.8 Å². The van der Waals surface area contributed by atoms with Crippen LogP contribution in [0.2, 0.25) is 5.02 Å². The Hall–Kier alpha value is -1.34. The molecule has 0 saturated heterocycles. The molecular formula is C14H10ClFINO2. The van der Waals surface area contributed by atoms with Gasteiger partial charge in [-0.2, -0.15) is 0 Å². The van der Waals surface area contributed by atoms with Crippen LogP contribution in [-0.2, 0) is 4.79 Å². The maximum atomic E-state index is 12.9. The molecular weight excluding hydrogens is 396 g/mol. The third kappa shape index (κ3) is 4.08. The van der Waals surface area contributed by atoms with Gasteiger partial charge in [0, 0.05) is 3.57 Å². The van der Waals surface area contributed by atoms with E-state index in [0.29, 0.717) is 5.69 Å². The number of hydrogen-bond donors (Lipinski definition) is 1. The molecule has 0 aliphatic rings. The van der Waals surface area contributed by atoms with Crippen molar-refractivity contribution in [3.05, 3.63) is 56.9 Å². The monoisotopic (exact) mass is 405 g/mol. The van der Waals surface area contributed by atoms with E-state index >= 15 is 0 Å². The number of rotatable bonds is 4. The fourth-order valence-electron chi connectivity index (χ4n) is 1.48. The molecule has 3 nitrogen and oxygen atoms in total. The first-order chi connectivity index (χ1) is 9.56. The first-order valence-electron chi connectivity index (χ1n) is 5.68. The molecule has 0 radical (unpaired) electrons. The van der Waals surface area contributed by atoms with E-state index in [4.69, 9.17) is 16.3 Å². The largest absolute Gasteiger partial charge is 0.482 e. The van der Waals surface area contributed by atoms with Gasteiger partial charge in [0.1, 0.15) is 11.6 Å². The van der Waals surface area contributed by atoms with E-state index in [0.717, 1.165) is 9.64 Å². The lowest BCUT2D eigenvalue weighted by Crippen LogP contribution is -2.20. The van der Waals surface area contributed by atoms with Crippen LogP contribution < -0.4 is 10.1 Å². The molecule has 2 aromatic carbocycles. The zero-order chi connectivity index (χ0) is 14.5. The van der Waals surface area contributed by atoms with Crippen LogP contribution in [0.15, 0.2) is 42.5 Å². The Bertz CT molecular complexity index is 636. The van der Waals surface area contributed by atoms with Crippen LogP contribution in [0, 0.1) is 9.39 Å². The van der Waals surface area contributed by atoms with Gasteiger partial charge in [-0.15, -0.1) is 0 Å². The van der Waals surface area contributed by atoms with Crippen molar-refractivity contribution in [3.63, 3.8) is 0 Å². The quantitative estimate of drug-likeness (QED) is 0.778. The number of carbonyl (C=O) groups is 1. The van der Waals surface area contributed by atoms with Crippen LogP contribution in [0.3, 0.4) is 0 Å². The molecule has 0 atom stereocenters. The summed E-state index contributed by atoms with van der Waals surface area (Å²) in [5.41, 5.74) is 0.715. The highest BCUT2D eigenvalue weighted by Crippen LogP contribution is 2.24. The minimum Gasteiger partial charge on any atom is -0.482 e. The summed E-state index contributed by atoms with van der Waals surface area (Å²) in [7, 11) is 0. The van der Waals surface area contributed by atoms with E-state index in [1.807, 2.05) is 18.2 Å². The van der Waals surface area contributed by atoms with Gasteiger partial charge in [-0.1, -0.05) is 23.7 Å². The summed E-state index contributed by atoms with van der Waals surface area (Å²) >= 11 is 7.92. The summed E-state index contributed by atoms with van der Waals surface area (Å²) in [6.07, 6.45) is 0. The lowest BCUT2D eigenvalue weighted by molar-refractivity contribution is -0.118. The normalized spacial score (nSPS) is 10.2. The summed E-state index contributed by atoms with van der Waals surface area (Å²) in [5.74, 6) is -0.494. The molecule has 0 aromatic heterocycles. The highest BCUT2D eigenvalue weighted by atomic mass is 127. The third-order valence-corrected chi connectivity index (χ3v) is 3.64. The molecule has 6 heteroatoms. The lowest BCUT2D eigenvalue weighted by atomic mass is 10.3. The molecule has 104 valence electrons. The Labute approximate surface area is 134 Å². The summed E-state index contributed by atoms with van der Waals surface area (Å²) in [5, 5.41) is 2.85. The Morgan fingerprint density at radius 3 is 2.75 bits per heavy atom. The number of nitrogens with one attached hydrogen (secondary N) is 1. The molecule has 1 N–H and O–H groups in total. The van der Waals surface area contributed by atoms with Crippen molar-refractivity contribution in [2.75, 3.05) is 11.9 Å². The topological polar surface area (TPSA) is 38.3 Å². The molecule has 0 heterocycles. The van der Waals surface area contributed by atoms with Crippen molar-refractivity contribution in [1.29, 1.82) is 0 Å². The molecule has 0 saturated carbocycles. The Kier molecular flexibility index (Phi) is 5.19. The molecule has 0 fully saturated rings. The molecule has 0 bridgehead atoms. The van der Waals surface area contributed by atoms with Crippen molar-refractivity contribution < 1.29 is 13.9 Å². The number of carbonyl (C=O) groups excluding carboxylic acids is 1. The minimum absolute atomic E-state index is 0.132. The second kappa shape index (κ2) is 6.90. The number of hydrogen-bond acceptors (Lipinski definition) is 2. The van der Waals surface area contributed by atoms with Gasteiger partial charge in [-0.25, -0.2) is 4.39 Å². The first kappa shape index (κ1) is 15.1. The Morgan fingerprint density at radius 1 is 1.30 bits per heavy atom. The van der Waals surface area contributed by atoms with E-state index in [1.54, 1.807) is 6.07 Å². The predicted molar refractivity (Wildman–Crippen MR) is 84.7 cm³/mol. The molecule has 0 unspecified atom stereocenters. The number of amides is 1. The second-order valence-electron chi connectivity index (χ2n) is 3.89. The Balaban J connectivity index is 1.94. The molecule has 0 aliphatic carbocycles. The minimum atomic E-state index is -0.453. The van der Waals surface area contributed by atoms with Gasteiger partial charge in [0.15, 0.2) is 6.61 Å². The van der Waals surface area contributed by atoms with Crippen molar-refractivity contribution in [1.82, 2.24) is 0 Å². The standard InChI is InChI=1S/C14H10ClFINO2/c15-10-7-9(16)5-6-13(10)20-8-14(19)18-12-4-2-1-3-11(12)17/h1-7H,8H2,(H,18,19). The average Bonchev–Trinajstić information content (AvgIpc) is 2.40. The lowest BCUT2D eigenvalue weighted by Gasteiger charge is -2.09. The van der Waals surface area contributed by atoms with Crippen LogP contribution in [0.25, 0.3) is 0 Å². The van der Waals surface area contributed by atoms with Gasteiger partial charge in [0.05, 0.1) is 10.7 Å². The molecule has 20 heavy (non-hydrogen) atoms. The maximum absolute atomic E-state index is 12.9. The van der Waals surface area contributed by atoms with Gasteiger partial charge < -0.3 is 10.1 Å². The zero-order valence-corrected chi connectivity index (χ0v) is 13.1. The number of halogens is 3. The average molecular weight is 406 g/mol. The maximum Gasteiger partial charge on any atom is 0.262 e. The molecule has 1 amide bonds. The summed E-state index contributed by atoms with van der Waals surface area (Å²) < 4.78 is 19.0. The number of ether oxygens (including phenoxy) is 1. The van der Waals surface area contributed by atoms with E-state index < -0.39 is 5.82 Å². The highest BCUT2D eigenvalue weighted by molar-refractivity contribution is 14.1. The van der Waals surface area contributed by atoms with Crippen LogP contribution in [0.4, 0.5) is 10.1 Å². The van der Waals surface area contributed by atoms with Gasteiger partial charge in [-0.05, 0) is 52.9 Å². The first-order valence-corrected chi connectivity index (χ1v) is 7.14. The van der Waals surface area contributed by atoms with Crippen LogP contribution >= 0.6 is 34.2 Å². The van der Waals surface area contributed by atoms with Crippen molar-refractivity contribution in [2.45, 2.75) is 0 Å².